The molecule has 0 bridgehead atoms. The van der Waals surface area contributed by atoms with Gasteiger partial charge in [0.2, 0.25) is 0 Å². The maximum atomic E-state index is 11.4. The van der Waals surface area contributed by atoms with E-state index in [2.05, 4.69) is 0 Å². The summed E-state index contributed by atoms with van der Waals surface area (Å²) in [6, 6.07) is 3.68. The Morgan fingerprint density at radius 2 is 2.12 bits per heavy atom. The lowest BCUT2D eigenvalue weighted by Crippen LogP contribution is -2.49. The van der Waals surface area contributed by atoms with Gasteiger partial charge in [-0.1, -0.05) is 23.1 Å². The maximum absolute atomic E-state index is 11.4. The maximum Gasteiger partial charge on any atom is 0.330 e. The molecule has 1 N–H and O–H groups in total. The summed E-state index contributed by atoms with van der Waals surface area (Å²) in [5.74, 6) is 0.221. The first kappa shape index (κ1) is 20.8. The Hall–Kier alpha value is -1.50. The van der Waals surface area contributed by atoms with Gasteiger partial charge in [-0.3, -0.25) is 0 Å². The molecule has 1 atom stereocenters. The number of carbonyl (C=O) groups is 1. The van der Waals surface area contributed by atoms with Gasteiger partial charge < -0.3 is 19.2 Å². The van der Waals surface area contributed by atoms with Gasteiger partial charge >= 0.3 is 13.5 Å². The van der Waals surface area contributed by atoms with Crippen molar-refractivity contribution in [2.75, 3.05) is 6.61 Å². The molecule has 1 unspecified atom stereocenters. The molecule has 7 heteroatoms. The van der Waals surface area contributed by atoms with Crippen molar-refractivity contribution in [3.8, 4) is 5.75 Å². The molecule has 141 valence electrons. The van der Waals surface area contributed by atoms with E-state index in [-0.39, 0.29) is 6.10 Å². The van der Waals surface area contributed by atoms with Gasteiger partial charge in [-0.15, -0.1) is 0 Å². The summed E-state index contributed by atoms with van der Waals surface area (Å²) in [5.41, 5.74) is -0.0487. The highest BCUT2D eigenvalue weighted by Crippen LogP contribution is 2.35. The number of halogens is 1. The quantitative estimate of drug-likeness (QED) is 0.448. The van der Waals surface area contributed by atoms with E-state index < -0.39 is 17.2 Å². The summed E-state index contributed by atoms with van der Waals surface area (Å²) in [6.45, 7) is 9.12. The van der Waals surface area contributed by atoms with Gasteiger partial charge in [0.05, 0.1) is 22.8 Å². The highest BCUT2D eigenvalue weighted by Gasteiger charge is 2.36. The SMILES string of the molecule is CCOC(=O)/C=C/C1Cc2cc([B]OC(C)(C)C(C)(C)O)cc(Cl)c2O1. The predicted molar refractivity (Wildman–Crippen MR) is 102 cm³/mol. The summed E-state index contributed by atoms with van der Waals surface area (Å²) in [6.07, 6.45) is 3.37. The van der Waals surface area contributed by atoms with Crippen LogP contribution in [0.1, 0.15) is 40.2 Å². The first-order valence-corrected chi connectivity index (χ1v) is 8.98. The molecule has 0 saturated heterocycles. The number of fused-ring (bicyclic) bond motifs is 1. The minimum atomic E-state index is -1.00. The van der Waals surface area contributed by atoms with Crippen LogP contribution >= 0.6 is 11.6 Å². The van der Waals surface area contributed by atoms with Crippen molar-refractivity contribution >= 4 is 30.5 Å². The van der Waals surface area contributed by atoms with Gasteiger partial charge in [0.15, 0.2) is 0 Å². The molecular formula is C19H25BClO5. The molecule has 0 fully saturated rings. The Kier molecular flexibility index (Phi) is 6.43. The summed E-state index contributed by atoms with van der Waals surface area (Å²) >= 11 is 6.33. The van der Waals surface area contributed by atoms with Gasteiger partial charge in [-0.2, -0.15) is 0 Å². The fraction of sp³-hybridized carbons (Fsp3) is 0.526. The summed E-state index contributed by atoms with van der Waals surface area (Å²) in [5, 5.41) is 10.7. The third-order valence-corrected chi connectivity index (χ3v) is 4.81. The van der Waals surface area contributed by atoms with Gasteiger partial charge in [-0.25, -0.2) is 4.79 Å². The molecule has 26 heavy (non-hydrogen) atoms. The molecule has 5 nitrogen and oxygen atoms in total. The zero-order chi connectivity index (χ0) is 19.5. The molecule has 0 saturated carbocycles. The molecule has 1 heterocycles. The minimum Gasteiger partial charge on any atom is -0.484 e. The molecule has 1 aromatic carbocycles. The number of hydrogen-bond acceptors (Lipinski definition) is 5. The standard InChI is InChI=1S/C19H25BClO5/c1-6-24-16(22)8-7-14-10-12-9-13(11-15(21)17(12)25-14)20-26-19(4,5)18(2,3)23/h7-9,11,14,23H,6,10H2,1-5H3/b8-7+. The second-order valence-corrected chi connectivity index (χ2v) is 7.67. The van der Waals surface area contributed by atoms with Crippen molar-refractivity contribution in [2.45, 2.75) is 58.3 Å². The zero-order valence-electron chi connectivity index (χ0n) is 15.8. The highest BCUT2D eigenvalue weighted by molar-refractivity contribution is 6.48. The molecule has 0 amide bonds. The zero-order valence-corrected chi connectivity index (χ0v) is 16.6. The number of aliphatic hydroxyl groups is 1. The van der Waals surface area contributed by atoms with E-state index in [4.69, 9.17) is 25.7 Å². The Morgan fingerprint density at radius 1 is 1.42 bits per heavy atom. The second-order valence-electron chi connectivity index (χ2n) is 7.27. The fourth-order valence-electron chi connectivity index (χ4n) is 2.28. The smallest absolute Gasteiger partial charge is 0.330 e. The van der Waals surface area contributed by atoms with Crippen LogP contribution < -0.4 is 10.2 Å². The van der Waals surface area contributed by atoms with Gasteiger partial charge in [0.25, 0.3) is 0 Å². The first-order chi connectivity index (χ1) is 12.0. The lowest BCUT2D eigenvalue weighted by molar-refractivity contribution is -0.137. The minimum absolute atomic E-state index is 0.268. The van der Waals surface area contributed by atoms with E-state index in [1.807, 2.05) is 19.9 Å². The Morgan fingerprint density at radius 3 is 2.73 bits per heavy atom. The lowest BCUT2D eigenvalue weighted by Gasteiger charge is -2.37. The molecule has 0 aromatic heterocycles. The molecule has 1 aliphatic heterocycles. The van der Waals surface area contributed by atoms with Crippen LogP contribution in [-0.4, -0.2) is 42.5 Å². The van der Waals surface area contributed by atoms with E-state index in [9.17, 15) is 9.90 Å². The van der Waals surface area contributed by atoms with E-state index >= 15 is 0 Å². The summed E-state index contributed by atoms with van der Waals surface area (Å²) in [7, 11) is 1.59. The van der Waals surface area contributed by atoms with E-state index in [0.29, 0.717) is 23.8 Å². The average molecular weight is 380 g/mol. The third kappa shape index (κ3) is 5.03. The summed E-state index contributed by atoms with van der Waals surface area (Å²) < 4.78 is 16.4. The number of ether oxygens (including phenoxy) is 2. The van der Waals surface area contributed by atoms with E-state index in [1.165, 1.54) is 6.08 Å². The number of carbonyl (C=O) groups excluding carboxylic acids is 1. The van der Waals surface area contributed by atoms with Crippen molar-refractivity contribution < 1.29 is 24.0 Å². The van der Waals surface area contributed by atoms with Crippen molar-refractivity contribution in [3.63, 3.8) is 0 Å². The molecule has 1 aliphatic rings. The fourth-order valence-corrected chi connectivity index (χ4v) is 2.57. The van der Waals surface area contributed by atoms with E-state index in [0.717, 1.165) is 11.0 Å². The van der Waals surface area contributed by atoms with Crippen LogP contribution in [0.15, 0.2) is 24.3 Å². The first-order valence-electron chi connectivity index (χ1n) is 8.61. The molecule has 2 rings (SSSR count). The van der Waals surface area contributed by atoms with Gasteiger partial charge in [0.1, 0.15) is 11.9 Å². The number of benzene rings is 1. The molecule has 0 aliphatic carbocycles. The van der Waals surface area contributed by atoms with Gasteiger partial charge in [-0.05, 0) is 52.3 Å². The second kappa shape index (κ2) is 8.03. The molecular weight excluding hydrogens is 354 g/mol. The summed E-state index contributed by atoms with van der Waals surface area (Å²) in [4.78, 5) is 11.4. The monoisotopic (exact) mass is 379 g/mol. The van der Waals surface area contributed by atoms with Crippen LogP contribution in [0.5, 0.6) is 5.75 Å². The van der Waals surface area contributed by atoms with Crippen molar-refractivity contribution in [1.29, 1.82) is 0 Å². The molecule has 0 spiro atoms. The molecule has 1 radical (unpaired) electrons. The number of esters is 1. The Balaban J connectivity index is 2.06. The largest absolute Gasteiger partial charge is 0.484 e. The average Bonchev–Trinajstić information content (AvgIpc) is 2.94. The lowest BCUT2D eigenvalue weighted by atomic mass is 9.82. The Labute approximate surface area is 160 Å². The van der Waals surface area contributed by atoms with E-state index in [1.54, 1.807) is 40.4 Å². The van der Waals surface area contributed by atoms with Crippen molar-refractivity contribution in [2.24, 2.45) is 0 Å². The number of rotatable bonds is 7. The van der Waals surface area contributed by atoms with Crippen LogP contribution in [0.3, 0.4) is 0 Å². The van der Waals surface area contributed by atoms with Crippen LogP contribution in [-0.2, 0) is 20.6 Å². The van der Waals surface area contributed by atoms with Crippen molar-refractivity contribution in [1.82, 2.24) is 0 Å². The van der Waals surface area contributed by atoms with Crippen molar-refractivity contribution in [3.05, 3.63) is 34.9 Å². The number of hydrogen-bond donors (Lipinski definition) is 1. The van der Waals surface area contributed by atoms with Crippen LogP contribution in [0, 0.1) is 0 Å². The molecule has 1 aromatic rings. The third-order valence-electron chi connectivity index (χ3n) is 4.53. The topological polar surface area (TPSA) is 65.0 Å². The van der Waals surface area contributed by atoms with Crippen LogP contribution in [0.2, 0.25) is 5.02 Å². The normalized spacial score (nSPS) is 17.1. The van der Waals surface area contributed by atoms with Gasteiger partial charge in [0, 0.05) is 12.5 Å². The van der Waals surface area contributed by atoms with Crippen LogP contribution in [0.4, 0.5) is 0 Å². The predicted octanol–water partition coefficient (Wildman–Crippen LogP) is 2.57. The highest BCUT2D eigenvalue weighted by atomic mass is 35.5. The van der Waals surface area contributed by atoms with Crippen LogP contribution in [0.25, 0.3) is 0 Å². The Bertz CT molecular complexity index is 694.